The largest absolute Gasteiger partial charge is 0.394 e. The quantitative estimate of drug-likeness (QED) is 0.0749. The van der Waals surface area contributed by atoms with Crippen LogP contribution in [0.15, 0.2) is 152 Å². The van der Waals surface area contributed by atoms with E-state index in [2.05, 4.69) is 0 Å². The van der Waals surface area contributed by atoms with Gasteiger partial charge in [0, 0.05) is 0 Å². The number of aliphatic hydroxyl groups is 1. The fourth-order valence-corrected chi connectivity index (χ4v) is 8.78. The van der Waals surface area contributed by atoms with Crippen LogP contribution >= 0.6 is 0 Å². The molecule has 0 aliphatic carbocycles. The molecule has 0 radical (unpaired) electrons. The second-order valence-corrected chi connectivity index (χ2v) is 17.4. The van der Waals surface area contributed by atoms with Crippen molar-refractivity contribution in [3.63, 3.8) is 0 Å². The van der Waals surface area contributed by atoms with Crippen molar-refractivity contribution >= 4 is 0 Å². The van der Waals surface area contributed by atoms with Crippen LogP contribution in [0.3, 0.4) is 0 Å². The molecule has 12 atom stereocenters. The van der Waals surface area contributed by atoms with Crippen LogP contribution in [0.5, 0.6) is 0 Å². The van der Waals surface area contributed by atoms with Crippen molar-refractivity contribution in [1.29, 1.82) is 0 Å². The Balaban J connectivity index is 0.949. The van der Waals surface area contributed by atoms with E-state index in [-0.39, 0.29) is 39.6 Å². The molecule has 13 heteroatoms. The van der Waals surface area contributed by atoms with Gasteiger partial charge in [0.25, 0.3) is 0 Å². The van der Waals surface area contributed by atoms with E-state index in [1.807, 2.05) is 166 Å². The molecule has 13 nitrogen and oxygen atoms in total. The third kappa shape index (κ3) is 12.0. The van der Waals surface area contributed by atoms with Crippen LogP contribution in [0, 0.1) is 0 Å². The Labute approximate surface area is 386 Å². The van der Waals surface area contributed by atoms with Crippen LogP contribution in [0.2, 0.25) is 0 Å². The second kappa shape index (κ2) is 22.6. The van der Waals surface area contributed by atoms with Gasteiger partial charge in [-0.1, -0.05) is 152 Å². The van der Waals surface area contributed by atoms with Crippen LogP contribution in [0.1, 0.15) is 41.7 Å². The van der Waals surface area contributed by atoms with E-state index < -0.39 is 79.6 Å². The molecule has 0 saturated carbocycles. The van der Waals surface area contributed by atoms with Crippen LogP contribution < -0.4 is 0 Å². The SMILES string of the molecule is CC1(C)O[C@@H]2O[C@H](CO[C@H]3O[C@H](CO[C@H]4O[C@H](CO)[C@@H](OCc5ccccc5)[C@@H]4OCc4ccccc4)[C@@H](OCc4ccccc4)[C@@H]3OCc3ccccc3)[C@@H](OCc3ccccc3)[C@@H]2O1. The summed E-state index contributed by atoms with van der Waals surface area (Å²) in [4.78, 5) is 0. The van der Waals surface area contributed by atoms with E-state index in [0.717, 1.165) is 27.8 Å². The first-order valence-corrected chi connectivity index (χ1v) is 22.8. The first-order valence-electron chi connectivity index (χ1n) is 22.8. The lowest BCUT2D eigenvalue weighted by molar-refractivity contribution is -0.244. The standard InChI is InChI=1S/C53H60O13/c1-53(2)65-49-46(57-31-38-22-12-5-13-23-38)43(64-52(49)66-53)35-61-51-48(59-33-40-26-16-7-17-27-40)45(56-30-37-20-10-4-11-21-37)42(63-51)34-60-50-47(58-32-39-24-14-6-15-25-39)44(41(28-54)62-50)55-29-36-18-8-3-9-19-36/h3-27,41-52,54H,28-35H2,1-2H3/t41-,42-,43-,44-,45-,46-,47+,48+,49+,50+,51+,52+/m1/s1. The Morgan fingerprint density at radius 2 is 0.727 bits per heavy atom. The van der Waals surface area contributed by atoms with Gasteiger partial charge in [-0.15, -0.1) is 0 Å². The van der Waals surface area contributed by atoms with Crippen molar-refractivity contribution in [1.82, 2.24) is 0 Å². The summed E-state index contributed by atoms with van der Waals surface area (Å²) in [7, 11) is 0. The molecule has 350 valence electrons. The zero-order valence-corrected chi connectivity index (χ0v) is 37.4. The normalized spacial score (nSPS) is 30.2. The van der Waals surface area contributed by atoms with E-state index >= 15 is 0 Å². The third-order valence-corrected chi connectivity index (χ3v) is 12.1. The van der Waals surface area contributed by atoms with Gasteiger partial charge in [-0.25, -0.2) is 0 Å². The first-order chi connectivity index (χ1) is 32.4. The topological polar surface area (TPSA) is 131 Å². The molecular formula is C53H60O13. The molecule has 5 aromatic rings. The minimum Gasteiger partial charge on any atom is -0.394 e. The Kier molecular flexibility index (Phi) is 16.0. The van der Waals surface area contributed by atoms with E-state index in [0.29, 0.717) is 13.2 Å². The van der Waals surface area contributed by atoms with Crippen molar-refractivity contribution in [3.05, 3.63) is 179 Å². The average molecular weight is 905 g/mol. The van der Waals surface area contributed by atoms with Gasteiger partial charge in [0.05, 0.1) is 52.9 Å². The highest BCUT2D eigenvalue weighted by Crippen LogP contribution is 2.40. The molecule has 4 fully saturated rings. The molecule has 0 spiro atoms. The third-order valence-electron chi connectivity index (χ3n) is 12.1. The van der Waals surface area contributed by atoms with Crippen LogP contribution in [-0.2, 0) is 89.9 Å². The molecule has 0 unspecified atom stereocenters. The smallest absolute Gasteiger partial charge is 0.190 e. The summed E-state index contributed by atoms with van der Waals surface area (Å²) in [5.41, 5.74) is 4.93. The lowest BCUT2D eigenvalue weighted by atomic mass is 10.1. The number of hydrogen-bond donors (Lipinski definition) is 1. The minimum absolute atomic E-state index is 0.00752. The molecule has 4 aliphatic heterocycles. The second-order valence-electron chi connectivity index (χ2n) is 17.4. The molecule has 5 aromatic carbocycles. The van der Waals surface area contributed by atoms with Crippen molar-refractivity contribution in [2.45, 2.75) is 126 Å². The molecule has 4 aliphatic rings. The van der Waals surface area contributed by atoms with Crippen LogP contribution in [0.25, 0.3) is 0 Å². The number of fused-ring (bicyclic) bond motifs is 1. The van der Waals surface area contributed by atoms with Crippen molar-refractivity contribution in [3.8, 4) is 0 Å². The first kappa shape index (κ1) is 46.7. The van der Waals surface area contributed by atoms with Gasteiger partial charge in [-0.3, -0.25) is 0 Å². The lowest BCUT2D eigenvalue weighted by Crippen LogP contribution is -2.43. The van der Waals surface area contributed by atoms with Crippen LogP contribution in [-0.4, -0.2) is 105 Å². The zero-order chi connectivity index (χ0) is 45.1. The number of benzene rings is 5. The Bertz CT molecular complexity index is 2170. The highest BCUT2D eigenvalue weighted by molar-refractivity contribution is 5.17. The monoisotopic (exact) mass is 904 g/mol. The summed E-state index contributed by atoms with van der Waals surface area (Å²) >= 11 is 0. The number of hydrogen-bond acceptors (Lipinski definition) is 13. The minimum atomic E-state index is -0.924. The van der Waals surface area contributed by atoms with E-state index in [9.17, 15) is 5.11 Å². The average Bonchev–Trinajstić information content (AvgIpc) is 4.07. The Morgan fingerprint density at radius 1 is 0.394 bits per heavy atom. The van der Waals surface area contributed by atoms with E-state index in [1.165, 1.54) is 0 Å². The summed E-state index contributed by atoms with van der Waals surface area (Å²) < 4.78 is 78.5. The lowest BCUT2D eigenvalue weighted by Gasteiger charge is -2.28. The van der Waals surface area contributed by atoms with E-state index in [1.54, 1.807) is 0 Å². The van der Waals surface area contributed by atoms with Crippen molar-refractivity contribution < 1.29 is 61.9 Å². The number of rotatable bonds is 22. The number of ether oxygens (including phenoxy) is 12. The molecule has 0 amide bonds. The predicted molar refractivity (Wildman–Crippen MR) is 240 cm³/mol. The predicted octanol–water partition coefficient (Wildman–Crippen LogP) is 7.27. The van der Waals surface area contributed by atoms with Gasteiger partial charge in [0.2, 0.25) is 0 Å². The van der Waals surface area contributed by atoms with Crippen molar-refractivity contribution in [2.24, 2.45) is 0 Å². The van der Waals surface area contributed by atoms with Gasteiger partial charge >= 0.3 is 0 Å². The maximum Gasteiger partial charge on any atom is 0.190 e. The Morgan fingerprint density at radius 3 is 1.12 bits per heavy atom. The summed E-state index contributed by atoms with van der Waals surface area (Å²) in [6.07, 6.45) is -8.14. The van der Waals surface area contributed by atoms with Crippen molar-refractivity contribution in [2.75, 3.05) is 19.8 Å². The van der Waals surface area contributed by atoms with Gasteiger partial charge in [0.15, 0.2) is 24.7 Å². The fraction of sp³-hybridized carbons (Fsp3) is 0.434. The molecule has 0 aromatic heterocycles. The maximum atomic E-state index is 10.6. The van der Waals surface area contributed by atoms with E-state index in [4.69, 9.17) is 56.8 Å². The zero-order valence-electron chi connectivity index (χ0n) is 37.4. The highest BCUT2D eigenvalue weighted by atomic mass is 16.8. The summed E-state index contributed by atoms with van der Waals surface area (Å²) in [5.74, 6) is -0.836. The van der Waals surface area contributed by atoms with Crippen LogP contribution in [0.4, 0.5) is 0 Å². The molecule has 66 heavy (non-hydrogen) atoms. The number of aliphatic hydroxyl groups excluding tert-OH is 1. The summed E-state index contributed by atoms with van der Waals surface area (Å²) in [6, 6.07) is 49.6. The van der Waals surface area contributed by atoms with Gasteiger partial charge < -0.3 is 61.9 Å². The maximum absolute atomic E-state index is 10.6. The molecule has 1 N–H and O–H groups in total. The molecular weight excluding hydrogens is 845 g/mol. The molecule has 4 heterocycles. The molecule has 0 bridgehead atoms. The van der Waals surface area contributed by atoms with Gasteiger partial charge in [-0.05, 0) is 41.7 Å². The molecule has 9 rings (SSSR count). The fourth-order valence-electron chi connectivity index (χ4n) is 8.78. The summed E-state index contributed by atoms with van der Waals surface area (Å²) in [6.45, 7) is 5.00. The van der Waals surface area contributed by atoms with Gasteiger partial charge in [0.1, 0.15) is 54.9 Å². The molecule has 4 saturated heterocycles. The summed E-state index contributed by atoms with van der Waals surface area (Å²) in [5, 5.41) is 10.6. The Hall–Kier alpha value is -4.42. The van der Waals surface area contributed by atoms with Gasteiger partial charge in [-0.2, -0.15) is 0 Å². The highest BCUT2D eigenvalue weighted by Gasteiger charge is 2.57.